The summed E-state index contributed by atoms with van der Waals surface area (Å²) >= 11 is 0. The first-order chi connectivity index (χ1) is 9.19. The molecule has 0 unspecified atom stereocenters. The van der Waals surface area contributed by atoms with Gasteiger partial charge in [-0.1, -0.05) is 56.2 Å². The molecule has 1 aliphatic carbocycles. The molecule has 3 nitrogen and oxygen atoms in total. The van der Waals surface area contributed by atoms with Crippen LogP contribution in [-0.2, 0) is 19.7 Å². The van der Waals surface area contributed by atoms with E-state index < -0.39 is 17.4 Å². The van der Waals surface area contributed by atoms with Gasteiger partial charge < -0.3 is 4.74 Å². The molecule has 0 N–H and O–H groups in total. The molecule has 0 spiro atoms. The van der Waals surface area contributed by atoms with E-state index in [4.69, 9.17) is 4.74 Å². The fraction of sp³-hybridized carbons (Fsp3) is 0.375. The SMILES string of the molecule is C=CC(=O)OC(=O)C1(c2ccccc2)CCCCC1. The molecule has 3 heteroatoms. The number of hydrogen-bond donors (Lipinski definition) is 0. The Labute approximate surface area is 113 Å². The normalized spacial score (nSPS) is 17.5. The van der Waals surface area contributed by atoms with Crippen molar-refractivity contribution < 1.29 is 14.3 Å². The number of ether oxygens (including phenoxy) is 1. The summed E-state index contributed by atoms with van der Waals surface area (Å²) in [5.41, 5.74) is 0.273. The average Bonchev–Trinajstić information content (AvgIpc) is 2.48. The number of rotatable bonds is 3. The highest BCUT2D eigenvalue weighted by atomic mass is 16.6. The third kappa shape index (κ3) is 2.75. The van der Waals surface area contributed by atoms with Gasteiger partial charge in [-0.3, -0.25) is 4.79 Å². The minimum Gasteiger partial charge on any atom is -0.389 e. The second-order valence-electron chi connectivity index (χ2n) is 4.92. The van der Waals surface area contributed by atoms with Crippen LogP contribution in [0.3, 0.4) is 0 Å². The van der Waals surface area contributed by atoms with Crippen molar-refractivity contribution in [1.82, 2.24) is 0 Å². The van der Waals surface area contributed by atoms with Gasteiger partial charge in [0.15, 0.2) is 0 Å². The molecule has 0 bridgehead atoms. The van der Waals surface area contributed by atoms with Crippen LogP contribution in [0.15, 0.2) is 43.0 Å². The summed E-state index contributed by atoms with van der Waals surface area (Å²) in [4.78, 5) is 23.7. The van der Waals surface area contributed by atoms with Gasteiger partial charge in [0.1, 0.15) is 0 Å². The van der Waals surface area contributed by atoms with Gasteiger partial charge in [-0.25, -0.2) is 4.79 Å². The molecule has 0 amide bonds. The van der Waals surface area contributed by atoms with Gasteiger partial charge in [-0.2, -0.15) is 0 Å². The second kappa shape index (κ2) is 5.83. The molecule has 1 fully saturated rings. The molecule has 2 rings (SSSR count). The summed E-state index contributed by atoms with van der Waals surface area (Å²) in [5, 5.41) is 0. The Hall–Kier alpha value is -1.90. The minimum absolute atomic E-state index is 0.441. The third-order valence-corrected chi connectivity index (χ3v) is 3.78. The van der Waals surface area contributed by atoms with Gasteiger partial charge in [0.2, 0.25) is 0 Å². The molecule has 0 aliphatic heterocycles. The molecule has 0 saturated heterocycles. The lowest BCUT2D eigenvalue weighted by Gasteiger charge is -2.34. The molecule has 1 aromatic carbocycles. The number of benzene rings is 1. The van der Waals surface area contributed by atoms with Gasteiger partial charge in [0, 0.05) is 6.08 Å². The van der Waals surface area contributed by atoms with E-state index in [9.17, 15) is 9.59 Å². The Bertz CT molecular complexity index is 470. The highest BCUT2D eigenvalue weighted by Crippen LogP contribution is 2.40. The monoisotopic (exact) mass is 258 g/mol. The van der Waals surface area contributed by atoms with Crippen LogP contribution in [0.2, 0.25) is 0 Å². The van der Waals surface area contributed by atoms with Crippen LogP contribution in [0.5, 0.6) is 0 Å². The molecule has 1 saturated carbocycles. The molecular weight excluding hydrogens is 240 g/mol. The van der Waals surface area contributed by atoms with Gasteiger partial charge >= 0.3 is 11.9 Å². The van der Waals surface area contributed by atoms with E-state index >= 15 is 0 Å². The van der Waals surface area contributed by atoms with E-state index in [1.54, 1.807) is 0 Å². The van der Waals surface area contributed by atoms with Gasteiger partial charge in [-0.15, -0.1) is 0 Å². The topological polar surface area (TPSA) is 43.4 Å². The smallest absolute Gasteiger partial charge is 0.337 e. The summed E-state index contributed by atoms with van der Waals surface area (Å²) in [6.07, 6.45) is 5.58. The van der Waals surface area contributed by atoms with Gasteiger partial charge in [0.05, 0.1) is 5.41 Å². The predicted molar refractivity (Wildman–Crippen MR) is 72.5 cm³/mol. The maximum Gasteiger partial charge on any atom is 0.337 e. The Balaban J connectivity index is 2.32. The summed E-state index contributed by atoms with van der Waals surface area (Å²) < 4.78 is 4.90. The van der Waals surface area contributed by atoms with Crippen molar-refractivity contribution in [2.24, 2.45) is 0 Å². The fourth-order valence-corrected chi connectivity index (χ4v) is 2.75. The lowest BCUT2D eigenvalue weighted by Crippen LogP contribution is -2.40. The summed E-state index contributed by atoms with van der Waals surface area (Å²) in [7, 11) is 0. The van der Waals surface area contributed by atoms with Crippen LogP contribution in [0.1, 0.15) is 37.7 Å². The molecule has 1 aliphatic rings. The zero-order valence-corrected chi connectivity index (χ0v) is 10.9. The standard InChI is InChI=1S/C16H18O3/c1-2-14(17)19-15(18)16(11-7-4-8-12-16)13-9-5-3-6-10-13/h2-3,5-6,9-10H,1,4,7-8,11-12H2. The van der Waals surface area contributed by atoms with Crippen LogP contribution in [0, 0.1) is 0 Å². The van der Waals surface area contributed by atoms with Crippen molar-refractivity contribution in [2.45, 2.75) is 37.5 Å². The Morgan fingerprint density at radius 3 is 2.32 bits per heavy atom. The number of carbonyl (C=O) groups is 2. The van der Waals surface area contributed by atoms with Crippen molar-refractivity contribution in [1.29, 1.82) is 0 Å². The zero-order chi connectivity index (χ0) is 13.7. The molecule has 1 aromatic rings. The van der Waals surface area contributed by atoms with Crippen LogP contribution in [0.4, 0.5) is 0 Å². The third-order valence-electron chi connectivity index (χ3n) is 3.78. The first-order valence-electron chi connectivity index (χ1n) is 6.63. The Morgan fingerprint density at radius 1 is 1.11 bits per heavy atom. The predicted octanol–water partition coefficient (Wildman–Crippen LogP) is 3.14. The van der Waals surface area contributed by atoms with Crippen LogP contribution in [-0.4, -0.2) is 11.9 Å². The number of hydrogen-bond acceptors (Lipinski definition) is 3. The molecule has 0 radical (unpaired) electrons. The van der Waals surface area contributed by atoms with E-state index in [1.807, 2.05) is 30.3 Å². The van der Waals surface area contributed by atoms with Crippen molar-refractivity contribution in [2.75, 3.05) is 0 Å². The van der Waals surface area contributed by atoms with Crippen LogP contribution >= 0.6 is 0 Å². The van der Waals surface area contributed by atoms with Crippen molar-refractivity contribution >= 4 is 11.9 Å². The lowest BCUT2D eigenvalue weighted by molar-refractivity contribution is -0.162. The molecular formula is C16H18O3. The van der Waals surface area contributed by atoms with Gasteiger partial charge in [-0.05, 0) is 18.4 Å². The van der Waals surface area contributed by atoms with E-state index in [2.05, 4.69) is 6.58 Å². The van der Waals surface area contributed by atoms with E-state index in [0.29, 0.717) is 0 Å². The fourth-order valence-electron chi connectivity index (χ4n) is 2.75. The highest BCUT2D eigenvalue weighted by Gasteiger charge is 2.43. The van der Waals surface area contributed by atoms with Crippen LogP contribution in [0.25, 0.3) is 0 Å². The maximum atomic E-state index is 12.4. The number of carbonyl (C=O) groups excluding carboxylic acids is 2. The van der Waals surface area contributed by atoms with Gasteiger partial charge in [0.25, 0.3) is 0 Å². The summed E-state index contributed by atoms with van der Waals surface area (Å²) in [6, 6.07) is 9.61. The van der Waals surface area contributed by atoms with E-state index in [0.717, 1.165) is 43.7 Å². The van der Waals surface area contributed by atoms with E-state index in [1.165, 1.54) is 0 Å². The Kier molecular flexibility index (Phi) is 4.15. The van der Waals surface area contributed by atoms with E-state index in [-0.39, 0.29) is 0 Å². The molecule has 0 aromatic heterocycles. The van der Waals surface area contributed by atoms with Crippen LogP contribution < -0.4 is 0 Å². The zero-order valence-electron chi connectivity index (χ0n) is 10.9. The lowest BCUT2D eigenvalue weighted by atomic mass is 9.69. The minimum atomic E-state index is -0.675. The molecule has 0 heterocycles. The molecule has 100 valence electrons. The van der Waals surface area contributed by atoms with Crippen molar-refractivity contribution in [3.63, 3.8) is 0 Å². The summed E-state index contributed by atoms with van der Waals surface area (Å²) in [6.45, 7) is 3.33. The summed E-state index contributed by atoms with van der Waals surface area (Å²) in [5.74, 6) is -1.12. The maximum absolute atomic E-state index is 12.4. The quantitative estimate of drug-likeness (QED) is 0.475. The molecule has 19 heavy (non-hydrogen) atoms. The Morgan fingerprint density at radius 2 is 1.74 bits per heavy atom. The second-order valence-corrected chi connectivity index (χ2v) is 4.92. The first-order valence-corrected chi connectivity index (χ1v) is 6.63. The molecule has 0 atom stereocenters. The average molecular weight is 258 g/mol. The van der Waals surface area contributed by atoms with Crippen molar-refractivity contribution in [3.05, 3.63) is 48.6 Å². The number of esters is 2. The largest absolute Gasteiger partial charge is 0.389 e. The first kappa shape index (κ1) is 13.5. The van der Waals surface area contributed by atoms with Crippen molar-refractivity contribution in [3.8, 4) is 0 Å². The highest BCUT2D eigenvalue weighted by molar-refractivity contribution is 5.96.